The topological polar surface area (TPSA) is 35.0 Å². The van der Waals surface area contributed by atoms with Gasteiger partial charge in [0.1, 0.15) is 17.0 Å². The molecule has 2 aliphatic heterocycles. The van der Waals surface area contributed by atoms with Crippen LogP contribution in [-0.4, -0.2) is 67.1 Å². The van der Waals surface area contributed by atoms with Gasteiger partial charge in [-0.3, -0.25) is 4.90 Å². The summed E-state index contributed by atoms with van der Waals surface area (Å²) in [6, 6.07) is 12.3. The quantitative estimate of drug-likeness (QED) is 0.538. The number of aromatic nitrogens is 1. The first-order valence-electron chi connectivity index (χ1n) is 10.3. The minimum atomic E-state index is -0.749. The van der Waals surface area contributed by atoms with Crippen LogP contribution in [0.25, 0.3) is 0 Å². The first-order chi connectivity index (χ1) is 14.5. The van der Waals surface area contributed by atoms with Crippen LogP contribution in [0, 0.1) is 0 Å². The average Bonchev–Trinajstić information content (AvgIpc) is 3.19. The van der Waals surface area contributed by atoms with Crippen molar-refractivity contribution < 1.29 is 4.39 Å². The van der Waals surface area contributed by atoms with E-state index in [2.05, 4.69) is 40.5 Å². The molecule has 0 N–H and O–H groups in total. The number of pyridine rings is 1. The Morgan fingerprint density at radius 1 is 1.17 bits per heavy atom. The van der Waals surface area contributed by atoms with Crippen LogP contribution in [0.4, 0.5) is 21.6 Å². The second kappa shape index (κ2) is 9.18. The zero-order chi connectivity index (χ0) is 21.1. The van der Waals surface area contributed by atoms with Crippen molar-refractivity contribution in [1.29, 1.82) is 0 Å². The number of benzene rings is 1. The molecule has 0 radical (unpaired) electrons. The lowest BCUT2D eigenvalue weighted by Crippen LogP contribution is -2.42. The monoisotopic (exact) mass is 425 g/mol. The van der Waals surface area contributed by atoms with E-state index in [-0.39, 0.29) is 0 Å². The third kappa shape index (κ3) is 4.68. The van der Waals surface area contributed by atoms with Crippen LogP contribution in [0.5, 0.6) is 0 Å². The number of thioether (sulfide) groups is 1. The molecule has 2 saturated heterocycles. The Morgan fingerprint density at radius 3 is 2.57 bits per heavy atom. The second-order valence-electron chi connectivity index (χ2n) is 7.83. The number of alkyl halides is 1. The van der Waals surface area contributed by atoms with E-state index in [1.54, 1.807) is 11.8 Å². The van der Waals surface area contributed by atoms with Crippen LogP contribution >= 0.6 is 11.8 Å². The largest absolute Gasteiger partial charge is 0.354 e. The van der Waals surface area contributed by atoms with Gasteiger partial charge in [0.25, 0.3) is 0 Å². The van der Waals surface area contributed by atoms with Gasteiger partial charge in [0.05, 0.1) is 12.2 Å². The maximum atomic E-state index is 13.4. The van der Waals surface area contributed by atoms with Crippen molar-refractivity contribution in [2.45, 2.75) is 12.6 Å². The fourth-order valence-electron chi connectivity index (χ4n) is 3.89. The van der Waals surface area contributed by atoms with Crippen molar-refractivity contribution in [3.8, 4) is 0 Å². The lowest BCUT2D eigenvalue weighted by atomic mass is 10.2. The van der Waals surface area contributed by atoms with Crippen molar-refractivity contribution >= 4 is 34.0 Å². The van der Waals surface area contributed by atoms with Gasteiger partial charge in [-0.05, 0) is 56.1 Å². The van der Waals surface area contributed by atoms with Crippen molar-refractivity contribution in [1.82, 2.24) is 9.88 Å². The number of likely N-dealkylation sites (N-methyl/N-ethyl adjacent to an activating group) is 1. The standard InChI is InChI=1S/C23H28FN5S/c1-17-15-27(2)12-13-29(17)21-7-5-20(6-8-21)26-23(30-3)18-4-9-22(25-14-18)28-11-10-19(24)16-28/h4-9,14,19H,1,10-13,15-16H2,2-3H3. The maximum Gasteiger partial charge on any atom is 0.128 e. The van der Waals surface area contributed by atoms with E-state index in [0.717, 1.165) is 59.7 Å². The minimum absolute atomic E-state index is 0.432. The summed E-state index contributed by atoms with van der Waals surface area (Å²) in [5.41, 5.74) is 4.15. The Labute approximate surface area is 182 Å². The van der Waals surface area contributed by atoms with Crippen molar-refractivity contribution in [3.05, 3.63) is 60.4 Å². The molecule has 5 nitrogen and oxygen atoms in total. The van der Waals surface area contributed by atoms with Crippen LogP contribution in [0.1, 0.15) is 12.0 Å². The van der Waals surface area contributed by atoms with E-state index in [1.807, 2.05) is 41.6 Å². The summed E-state index contributed by atoms with van der Waals surface area (Å²) >= 11 is 1.60. The minimum Gasteiger partial charge on any atom is -0.354 e. The lowest BCUT2D eigenvalue weighted by Gasteiger charge is -2.35. The van der Waals surface area contributed by atoms with E-state index in [1.165, 1.54) is 0 Å². The highest BCUT2D eigenvalue weighted by atomic mass is 32.2. The fourth-order valence-corrected chi connectivity index (χ4v) is 4.45. The molecule has 0 bridgehead atoms. The van der Waals surface area contributed by atoms with Gasteiger partial charge in [-0.2, -0.15) is 0 Å². The van der Waals surface area contributed by atoms with E-state index in [4.69, 9.17) is 4.99 Å². The Balaban J connectivity index is 1.48. The number of piperazine rings is 1. The van der Waals surface area contributed by atoms with Gasteiger partial charge in [-0.15, -0.1) is 11.8 Å². The number of aliphatic imine (C=N–C) groups is 1. The Hall–Kier alpha value is -2.38. The molecular weight excluding hydrogens is 397 g/mol. The average molecular weight is 426 g/mol. The molecule has 2 aliphatic rings. The first kappa shape index (κ1) is 20.9. The fraction of sp³-hybridized carbons (Fsp3) is 0.391. The summed E-state index contributed by atoms with van der Waals surface area (Å²) in [7, 11) is 2.12. The summed E-state index contributed by atoms with van der Waals surface area (Å²) < 4.78 is 13.4. The summed E-state index contributed by atoms with van der Waals surface area (Å²) in [6.07, 6.45) is 3.68. The molecule has 1 atom stereocenters. The highest BCUT2D eigenvalue weighted by Gasteiger charge is 2.23. The predicted octanol–water partition coefficient (Wildman–Crippen LogP) is 4.34. The van der Waals surface area contributed by atoms with Crippen LogP contribution in [0.3, 0.4) is 0 Å². The van der Waals surface area contributed by atoms with Crippen LogP contribution < -0.4 is 9.80 Å². The summed E-state index contributed by atoms with van der Waals surface area (Å²) in [5, 5.41) is 0.913. The van der Waals surface area contributed by atoms with E-state index < -0.39 is 6.17 Å². The number of rotatable bonds is 4. The Morgan fingerprint density at radius 2 is 1.97 bits per heavy atom. The molecule has 7 heteroatoms. The molecule has 0 spiro atoms. The van der Waals surface area contributed by atoms with Crippen molar-refractivity contribution in [2.75, 3.05) is 55.8 Å². The lowest BCUT2D eigenvalue weighted by molar-refractivity contribution is 0.341. The molecule has 158 valence electrons. The van der Waals surface area contributed by atoms with Gasteiger partial charge in [-0.1, -0.05) is 6.58 Å². The zero-order valence-corrected chi connectivity index (χ0v) is 18.4. The number of hydrogen-bond donors (Lipinski definition) is 0. The molecule has 1 unspecified atom stereocenters. The second-order valence-corrected chi connectivity index (χ2v) is 8.63. The van der Waals surface area contributed by atoms with Gasteiger partial charge in [0.2, 0.25) is 0 Å². The van der Waals surface area contributed by atoms with Crippen LogP contribution in [-0.2, 0) is 0 Å². The van der Waals surface area contributed by atoms with Gasteiger partial charge in [0, 0.05) is 49.3 Å². The third-order valence-electron chi connectivity index (χ3n) is 5.57. The molecular formula is C23H28FN5S. The van der Waals surface area contributed by atoms with E-state index in [0.29, 0.717) is 13.0 Å². The molecule has 4 rings (SSSR count). The molecule has 30 heavy (non-hydrogen) atoms. The van der Waals surface area contributed by atoms with Crippen LogP contribution in [0.15, 0.2) is 59.9 Å². The Bertz CT molecular complexity index is 912. The summed E-state index contributed by atoms with van der Waals surface area (Å²) in [6.45, 7) is 8.24. The zero-order valence-electron chi connectivity index (χ0n) is 17.6. The number of hydrogen-bond acceptors (Lipinski definition) is 6. The van der Waals surface area contributed by atoms with Gasteiger partial charge in [-0.25, -0.2) is 14.4 Å². The van der Waals surface area contributed by atoms with Crippen molar-refractivity contribution in [3.63, 3.8) is 0 Å². The van der Waals surface area contributed by atoms with Crippen LogP contribution in [0.2, 0.25) is 0 Å². The molecule has 3 heterocycles. The predicted molar refractivity (Wildman–Crippen MR) is 126 cm³/mol. The SMILES string of the molecule is C=C1CN(C)CCN1c1ccc(N=C(SC)c2ccc(N3CCC(F)C3)nc2)cc1. The number of halogens is 1. The number of nitrogens with zero attached hydrogens (tertiary/aromatic N) is 5. The maximum absolute atomic E-state index is 13.4. The summed E-state index contributed by atoms with van der Waals surface area (Å²) in [4.78, 5) is 15.9. The van der Waals surface area contributed by atoms with Gasteiger partial charge >= 0.3 is 0 Å². The van der Waals surface area contributed by atoms with Gasteiger partial charge < -0.3 is 9.80 Å². The van der Waals surface area contributed by atoms with Crippen molar-refractivity contribution in [2.24, 2.45) is 4.99 Å². The highest BCUT2D eigenvalue weighted by Crippen LogP contribution is 2.26. The Kier molecular flexibility index (Phi) is 6.39. The molecule has 1 aromatic heterocycles. The third-order valence-corrected chi connectivity index (χ3v) is 6.29. The summed E-state index contributed by atoms with van der Waals surface area (Å²) in [5.74, 6) is 0.830. The van der Waals surface area contributed by atoms with Gasteiger partial charge in [0.15, 0.2) is 0 Å². The molecule has 1 aromatic carbocycles. The smallest absolute Gasteiger partial charge is 0.128 e. The highest BCUT2D eigenvalue weighted by molar-refractivity contribution is 8.13. The normalized spacial score (nSPS) is 20.8. The molecule has 0 aliphatic carbocycles. The first-order valence-corrected chi connectivity index (χ1v) is 11.5. The molecule has 2 aromatic rings. The van der Waals surface area contributed by atoms with E-state index in [9.17, 15) is 4.39 Å². The molecule has 0 amide bonds. The number of anilines is 2. The molecule has 0 saturated carbocycles. The molecule has 2 fully saturated rings. The van der Waals surface area contributed by atoms with E-state index >= 15 is 0 Å².